The summed E-state index contributed by atoms with van der Waals surface area (Å²) in [6.07, 6.45) is 0. The second kappa shape index (κ2) is 9.97. The second-order valence-electron chi connectivity index (χ2n) is 10.1. The zero-order chi connectivity index (χ0) is 25.2. The number of quaternary nitrogens is 2. The molecular formula is C24H33N2O7P. The standard InChI is InChI=1S/C24H33N2O7P/c1-25(2,14-16-33-34(29,30)31)17-23(27)21-7-5-19(6-8-21)20-9-11-22(12-10-20)24(28)18-26(3,4)13-15-32-24/h5-12,28H,13-18H2,1-4H3/t24-/m1/s1. The SMILES string of the molecule is C[N+](C)(CCOP(=O)([O-])[O-])CC(=O)c1ccc(-c2ccc([C@@]3(O)C[N+](C)(C)CCO3)cc2)cc1. The van der Waals surface area contributed by atoms with E-state index in [0.717, 1.165) is 17.7 Å². The van der Waals surface area contributed by atoms with Gasteiger partial charge in [0.15, 0.2) is 0 Å². The molecule has 1 heterocycles. The van der Waals surface area contributed by atoms with Gasteiger partial charge in [-0.2, -0.15) is 0 Å². The molecule has 1 aliphatic rings. The van der Waals surface area contributed by atoms with E-state index in [9.17, 15) is 24.3 Å². The molecule has 0 spiro atoms. The van der Waals surface area contributed by atoms with Crippen LogP contribution in [0.5, 0.6) is 0 Å². The van der Waals surface area contributed by atoms with Crippen LogP contribution in [-0.2, 0) is 19.6 Å². The molecular weight excluding hydrogens is 459 g/mol. The van der Waals surface area contributed by atoms with Crippen LogP contribution in [0.25, 0.3) is 11.1 Å². The molecule has 0 saturated carbocycles. The molecule has 0 unspecified atom stereocenters. The van der Waals surface area contributed by atoms with Crippen LogP contribution < -0.4 is 9.79 Å². The number of carbonyl (C=O) groups is 1. The van der Waals surface area contributed by atoms with Crippen molar-refractivity contribution in [2.24, 2.45) is 0 Å². The third kappa shape index (κ3) is 7.28. The molecule has 1 atom stereocenters. The summed E-state index contributed by atoms with van der Waals surface area (Å²) in [5.41, 5.74) is 3.13. The minimum atomic E-state index is -5.02. The third-order valence-electron chi connectivity index (χ3n) is 6.07. The largest absolute Gasteiger partial charge is 0.790 e. The summed E-state index contributed by atoms with van der Waals surface area (Å²) in [6.45, 7) is 1.87. The number of ketones is 1. The number of phosphoric ester groups is 1. The molecule has 1 fully saturated rings. The first-order valence-corrected chi connectivity index (χ1v) is 12.6. The zero-order valence-corrected chi connectivity index (χ0v) is 21.0. The lowest BCUT2D eigenvalue weighted by Crippen LogP contribution is -2.57. The highest BCUT2D eigenvalue weighted by atomic mass is 31.2. The Morgan fingerprint density at radius 1 is 1.12 bits per heavy atom. The van der Waals surface area contributed by atoms with Crippen molar-refractivity contribution in [3.05, 3.63) is 59.7 Å². The van der Waals surface area contributed by atoms with Gasteiger partial charge in [-0.25, -0.2) is 0 Å². The summed E-state index contributed by atoms with van der Waals surface area (Å²) in [4.78, 5) is 33.9. The molecule has 10 heteroatoms. The molecule has 9 nitrogen and oxygen atoms in total. The van der Waals surface area contributed by atoms with E-state index < -0.39 is 13.6 Å². The number of ether oxygens (including phenoxy) is 1. The number of morpholine rings is 1. The highest BCUT2D eigenvalue weighted by Gasteiger charge is 2.42. The van der Waals surface area contributed by atoms with Gasteiger partial charge in [-0.1, -0.05) is 48.5 Å². The number of likely N-dealkylation sites (N-methyl/N-ethyl adjacent to an activating group) is 2. The number of hydrogen-bond donors (Lipinski definition) is 1. The van der Waals surface area contributed by atoms with Crippen LogP contribution in [0.4, 0.5) is 0 Å². The summed E-state index contributed by atoms with van der Waals surface area (Å²) in [7, 11) is 2.65. The molecule has 2 aromatic rings. The number of rotatable bonds is 9. The van der Waals surface area contributed by atoms with E-state index in [1.165, 1.54) is 0 Å². The predicted octanol–water partition coefficient (Wildman–Crippen LogP) is 0.710. The van der Waals surface area contributed by atoms with Gasteiger partial charge in [0.1, 0.15) is 32.8 Å². The first-order chi connectivity index (χ1) is 15.7. The second-order valence-corrected chi connectivity index (χ2v) is 11.3. The van der Waals surface area contributed by atoms with Crippen LogP contribution >= 0.6 is 7.82 Å². The minimum Gasteiger partial charge on any atom is -0.790 e. The number of aliphatic hydroxyl groups is 1. The topological polar surface area (TPSA) is 119 Å². The molecule has 1 saturated heterocycles. The van der Waals surface area contributed by atoms with E-state index in [0.29, 0.717) is 28.8 Å². The molecule has 34 heavy (non-hydrogen) atoms. The van der Waals surface area contributed by atoms with Crippen LogP contribution in [0.1, 0.15) is 15.9 Å². The molecule has 0 aliphatic carbocycles. The van der Waals surface area contributed by atoms with Crippen molar-refractivity contribution < 1.29 is 42.5 Å². The normalized spacial score (nSPS) is 20.8. The molecule has 2 aromatic carbocycles. The highest BCUT2D eigenvalue weighted by molar-refractivity contribution is 7.43. The van der Waals surface area contributed by atoms with Crippen molar-refractivity contribution in [1.82, 2.24) is 0 Å². The van der Waals surface area contributed by atoms with Gasteiger partial charge in [0.25, 0.3) is 0 Å². The molecule has 186 valence electrons. The lowest BCUT2D eigenvalue weighted by molar-refractivity contribution is -0.912. The number of Topliss-reactive ketones (excluding diaryl/α,β-unsaturated/α-hetero) is 1. The molecule has 0 aromatic heterocycles. The van der Waals surface area contributed by atoms with Crippen molar-refractivity contribution >= 4 is 13.6 Å². The van der Waals surface area contributed by atoms with Crippen molar-refractivity contribution in [1.29, 1.82) is 0 Å². The fraction of sp³-hybridized carbons (Fsp3) is 0.458. The van der Waals surface area contributed by atoms with E-state index in [1.807, 2.05) is 36.4 Å². The maximum absolute atomic E-state index is 12.7. The van der Waals surface area contributed by atoms with Crippen molar-refractivity contribution in [3.63, 3.8) is 0 Å². The van der Waals surface area contributed by atoms with Gasteiger partial charge in [0, 0.05) is 11.1 Å². The number of benzene rings is 2. The summed E-state index contributed by atoms with van der Waals surface area (Å²) >= 11 is 0. The van der Waals surface area contributed by atoms with Crippen LogP contribution in [-0.4, -0.2) is 87.4 Å². The molecule has 0 radical (unpaired) electrons. The number of hydrogen-bond acceptors (Lipinski definition) is 7. The number of phosphoric acid groups is 1. The Morgan fingerprint density at radius 2 is 1.68 bits per heavy atom. The Kier molecular flexibility index (Phi) is 7.82. The van der Waals surface area contributed by atoms with E-state index in [1.54, 1.807) is 26.2 Å². The average Bonchev–Trinajstić information content (AvgIpc) is 2.71. The molecule has 3 rings (SSSR count). The van der Waals surface area contributed by atoms with Crippen LogP contribution in [0.15, 0.2) is 48.5 Å². The zero-order valence-electron chi connectivity index (χ0n) is 20.1. The fourth-order valence-corrected chi connectivity index (χ4v) is 4.38. The van der Waals surface area contributed by atoms with Gasteiger partial charge in [0.05, 0.1) is 42.6 Å². The summed E-state index contributed by atoms with van der Waals surface area (Å²) in [5, 5.41) is 11.0. The Hall–Kier alpha value is -1.94. The molecule has 1 aliphatic heterocycles. The molecule has 0 bridgehead atoms. The van der Waals surface area contributed by atoms with Crippen LogP contribution in [0.2, 0.25) is 0 Å². The first kappa shape index (κ1) is 26.7. The Morgan fingerprint density at radius 3 is 2.21 bits per heavy atom. The van der Waals surface area contributed by atoms with Crippen molar-refractivity contribution in [2.75, 3.05) is 67.6 Å². The van der Waals surface area contributed by atoms with Gasteiger partial charge in [-0.3, -0.25) is 4.79 Å². The van der Waals surface area contributed by atoms with E-state index in [2.05, 4.69) is 18.6 Å². The van der Waals surface area contributed by atoms with Gasteiger partial charge in [0.2, 0.25) is 11.6 Å². The van der Waals surface area contributed by atoms with Gasteiger partial charge >= 0.3 is 0 Å². The smallest absolute Gasteiger partial charge is 0.243 e. The van der Waals surface area contributed by atoms with E-state index in [-0.39, 0.29) is 30.0 Å². The lowest BCUT2D eigenvalue weighted by atomic mass is 9.97. The van der Waals surface area contributed by atoms with E-state index >= 15 is 0 Å². The monoisotopic (exact) mass is 492 g/mol. The maximum atomic E-state index is 12.7. The number of carbonyl (C=O) groups excluding carboxylic acids is 1. The summed E-state index contributed by atoms with van der Waals surface area (Å²) in [6, 6.07) is 14.8. The highest BCUT2D eigenvalue weighted by Crippen LogP contribution is 2.31. The predicted molar refractivity (Wildman–Crippen MR) is 123 cm³/mol. The van der Waals surface area contributed by atoms with Crippen molar-refractivity contribution in [3.8, 4) is 11.1 Å². The van der Waals surface area contributed by atoms with Gasteiger partial charge in [-0.15, -0.1) is 0 Å². The molecule has 0 amide bonds. The fourth-order valence-electron chi connectivity index (χ4n) is 4.07. The first-order valence-electron chi connectivity index (χ1n) is 11.1. The Bertz CT molecular complexity index is 1050. The number of nitrogens with zero attached hydrogens (tertiary/aromatic N) is 2. The lowest BCUT2D eigenvalue weighted by Gasteiger charge is -2.42. The quantitative estimate of drug-likeness (QED) is 0.311. The maximum Gasteiger partial charge on any atom is 0.243 e. The Balaban J connectivity index is 1.64. The van der Waals surface area contributed by atoms with Gasteiger partial charge < -0.3 is 37.7 Å². The third-order valence-corrected chi connectivity index (χ3v) is 6.57. The Labute approximate surface area is 200 Å². The van der Waals surface area contributed by atoms with Crippen molar-refractivity contribution in [2.45, 2.75) is 5.79 Å². The van der Waals surface area contributed by atoms with Crippen LogP contribution in [0, 0.1) is 0 Å². The minimum absolute atomic E-state index is 0.100. The van der Waals surface area contributed by atoms with Gasteiger partial charge in [-0.05, 0) is 11.1 Å². The average molecular weight is 493 g/mol. The van der Waals surface area contributed by atoms with E-state index in [4.69, 9.17) is 4.74 Å². The summed E-state index contributed by atoms with van der Waals surface area (Å²) in [5.74, 6) is -1.41. The molecule has 1 N–H and O–H groups in total. The van der Waals surface area contributed by atoms with Crippen LogP contribution in [0.3, 0.4) is 0 Å². The summed E-state index contributed by atoms with van der Waals surface area (Å²) < 4.78 is 21.4.